The summed E-state index contributed by atoms with van der Waals surface area (Å²) in [7, 11) is 0. The lowest BCUT2D eigenvalue weighted by atomic mass is 10.2. The molecule has 1 aromatic carbocycles. The predicted molar refractivity (Wildman–Crippen MR) is 62.8 cm³/mol. The molecule has 1 fully saturated rings. The summed E-state index contributed by atoms with van der Waals surface area (Å²) in [6.07, 6.45) is 2.45. The average molecular weight is 244 g/mol. The molecule has 0 aromatic heterocycles. The predicted octanol–water partition coefficient (Wildman–Crippen LogP) is 2.94. The van der Waals surface area contributed by atoms with Crippen molar-refractivity contribution in [2.24, 2.45) is 0 Å². The van der Waals surface area contributed by atoms with E-state index in [9.17, 15) is 4.39 Å². The van der Waals surface area contributed by atoms with E-state index >= 15 is 0 Å². The van der Waals surface area contributed by atoms with Gasteiger partial charge in [-0.25, -0.2) is 4.39 Å². The fraction of sp³-hybridized carbons (Fsp3) is 0.500. The van der Waals surface area contributed by atoms with Crippen LogP contribution in [-0.4, -0.2) is 19.3 Å². The van der Waals surface area contributed by atoms with Crippen LogP contribution < -0.4 is 10.1 Å². The highest BCUT2D eigenvalue weighted by atomic mass is 35.5. The first kappa shape index (κ1) is 11.7. The molecule has 0 bridgehead atoms. The van der Waals surface area contributed by atoms with Crippen LogP contribution in [0.1, 0.15) is 18.4 Å². The molecule has 0 unspecified atom stereocenters. The zero-order chi connectivity index (χ0) is 11.4. The second kappa shape index (κ2) is 5.51. The van der Waals surface area contributed by atoms with Gasteiger partial charge in [0.25, 0.3) is 0 Å². The van der Waals surface area contributed by atoms with Gasteiger partial charge < -0.3 is 10.1 Å². The molecule has 0 aliphatic heterocycles. The molecule has 0 heterocycles. The molecule has 0 spiro atoms. The van der Waals surface area contributed by atoms with Gasteiger partial charge in [0.1, 0.15) is 19.0 Å². The molecule has 16 heavy (non-hydrogen) atoms. The van der Waals surface area contributed by atoms with Gasteiger partial charge in [0, 0.05) is 23.2 Å². The average Bonchev–Trinajstić information content (AvgIpc) is 3.09. The number of rotatable bonds is 6. The van der Waals surface area contributed by atoms with Crippen LogP contribution in [0.2, 0.25) is 5.02 Å². The number of nitrogens with one attached hydrogen (secondary N) is 1. The Morgan fingerprint density at radius 3 is 2.94 bits per heavy atom. The Morgan fingerprint density at radius 1 is 1.44 bits per heavy atom. The molecule has 1 saturated carbocycles. The normalized spacial score (nSPS) is 15.1. The lowest BCUT2D eigenvalue weighted by molar-refractivity contribution is 0.270. The van der Waals surface area contributed by atoms with E-state index in [1.807, 2.05) is 18.2 Å². The quantitative estimate of drug-likeness (QED) is 0.830. The lowest BCUT2D eigenvalue weighted by Crippen LogP contribution is -2.16. The van der Waals surface area contributed by atoms with Gasteiger partial charge in [0.05, 0.1) is 0 Å². The number of hydrogen-bond donors (Lipinski definition) is 1. The summed E-state index contributed by atoms with van der Waals surface area (Å²) in [5.41, 5.74) is 0.921. The number of benzene rings is 1. The van der Waals surface area contributed by atoms with Gasteiger partial charge in [-0.2, -0.15) is 0 Å². The first-order valence-corrected chi connectivity index (χ1v) is 5.88. The van der Waals surface area contributed by atoms with Crippen LogP contribution in [0.25, 0.3) is 0 Å². The Bertz CT molecular complexity index is 355. The molecule has 88 valence electrons. The van der Waals surface area contributed by atoms with Crippen molar-refractivity contribution < 1.29 is 9.13 Å². The zero-order valence-corrected chi connectivity index (χ0v) is 9.77. The minimum Gasteiger partial charge on any atom is -0.490 e. The molecule has 0 radical (unpaired) electrons. The summed E-state index contributed by atoms with van der Waals surface area (Å²) in [6, 6.07) is 6.08. The second-order valence-electron chi connectivity index (χ2n) is 3.91. The smallest absolute Gasteiger partial charge is 0.125 e. The van der Waals surface area contributed by atoms with Gasteiger partial charge in [-0.3, -0.25) is 0 Å². The zero-order valence-electron chi connectivity index (χ0n) is 9.01. The van der Waals surface area contributed by atoms with E-state index < -0.39 is 6.67 Å². The summed E-state index contributed by atoms with van der Waals surface area (Å²) in [4.78, 5) is 0. The summed E-state index contributed by atoms with van der Waals surface area (Å²) >= 11 is 6.10. The van der Waals surface area contributed by atoms with Crippen molar-refractivity contribution in [1.82, 2.24) is 5.32 Å². The molecule has 4 heteroatoms. The third-order valence-electron chi connectivity index (χ3n) is 2.56. The fourth-order valence-electron chi connectivity index (χ4n) is 1.53. The van der Waals surface area contributed by atoms with Crippen LogP contribution in [0.3, 0.4) is 0 Å². The highest BCUT2D eigenvalue weighted by molar-refractivity contribution is 6.31. The van der Waals surface area contributed by atoms with Crippen molar-refractivity contribution >= 4 is 11.6 Å². The van der Waals surface area contributed by atoms with Crippen LogP contribution >= 0.6 is 11.6 Å². The fourth-order valence-corrected chi connectivity index (χ4v) is 1.76. The topological polar surface area (TPSA) is 21.3 Å². The standard InChI is InChI=1S/C12H15ClFNO/c13-11-2-1-3-12(16-7-6-14)10(11)8-15-9-4-5-9/h1-3,9,15H,4-8H2. The van der Waals surface area contributed by atoms with Crippen LogP contribution in [0.15, 0.2) is 18.2 Å². The van der Waals surface area contributed by atoms with Crippen LogP contribution in [0.5, 0.6) is 5.75 Å². The van der Waals surface area contributed by atoms with Gasteiger partial charge in [0.2, 0.25) is 0 Å². The molecule has 1 aromatic rings. The number of ether oxygens (including phenoxy) is 1. The Morgan fingerprint density at radius 2 is 2.25 bits per heavy atom. The summed E-state index contributed by atoms with van der Waals surface area (Å²) < 4.78 is 17.4. The molecule has 1 aliphatic rings. The first-order valence-electron chi connectivity index (χ1n) is 5.51. The van der Waals surface area contributed by atoms with Crippen LogP contribution in [-0.2, 0) is 6.54 Å². The van der Waals surface area contributed by atoms with E-state index in [1.165, 1.54) is 12.8 Å². The maximum absolute atomic E-state index is 12.1. The first-order chi connectivity index (χ1) is 7.81. The Kier molecular flexibility index (Phi) is 4.02. The molecule has 2 rings (SSSR count). The largest absolute Gasteiger partial charge is 0.490 e. The lowest BCUT2D eigenvalue weighted by Gasteiger charge is -2.12. The monoisotopic (exact) mass is 243 g/mol. The van der Waals surface area contributed by atoms with Crippen molar-refractivity contribution in [2.45, 2.75) is 25.4 Å². The number of halogens is 2. The van der Waals surface area contributed by atoms with E-state index in [0.717, 1.165) is 5.56 Å². The summed E-state index contributed by atoms with van der Waals surface area (Å²) in [5.74, 6) is 0.679. The van der Waals surface area contributed by atoms with Crippen LogP contribution in [0, 0.1) is 0 Å². The van der Waals surface area contributed by atoms with E-state index in [4.69, 9.17) is 16.3 Å². The van der Waals surface area contributed by atoms with Crippen molar-refractivity contribution in [3.05, 3.63) is 28.8 Å². The van der Waals surface area contributed by atoms with Gasteiger partial charge in [-0.15, -0.1) is 0 Å². The minimum atomic E-state index is -0.484. The van der Waals surface area contributed by atoms with Gasteiger partial charge in [-0.05, 0) is 25.0 Å². The minimum absolute atomic E-state index is 0.0801. The van der Waals surface area contributed by atoms with Crippen molar-refractivity contribution in [3.63, 3.8) is 0 Å². The molecule has 1 aliphatic carbocycles. The molecule has 0 saturated heterocycles. The van der Waals surface area contributed by atoms with Crippen molar-refractivity contribution in [3.8, 4) is 5.75 Å². The van der Waals surface area contributed by atoms with E-state index in [2.05, 4.69) is 5.32 Å². The van der Waals surface area contributed by atoms with Crippen molar-refractivity contribution in [2.75, 3.05) is 13.3 Å². The van der Waals surface area contributed by atoms with Gasteiger partial charge >= 0.3 is 0 Å². The van der Waals surface area contributed by atoms with Crippen LogP contribution in [0.4, 0.5) is 4.39 Å². The van der Waals surface area contributed by atoms with Crippen molar-refractivity contribution in [1.29, 1.82) is 0 Å². The summed E-state index contributed by atoms with van der Waals surface area (Å²) in [5, 5.41) is 4.04. The van der Waals surface area contributed by atoms with E-state index in [1.54, 1.807) is 0 Å². The number of hydrogen-bond acceptors (Lipinski definition) is 2. The summed E-state index contributed by atoms with van der Waals surface area (Å²) in [6.45, 7) is 0.282. The second-order valence-corrected chi connectivity index (χ2v) is 4.32. The molecular weight excluding hydrogens is 229 g/mol. The molecule has 2 nitrogen and oxygen atoms in total. The Labute approximate surface area is 99.7 Å². The molecule has 0 atom stereocenters. The molecule has 1 N–H and O–H groups in total. The maximum Gasteiger partial charge on any atom is 0.125 e. The third-order valence-corrected chi connectivity index (χ3v) is 2.91. The Hall–Kier alpha value is -0.800. The van der Waals surface area contributed by atoms with E-state index in [-0.39, 0.29) is 6.61 Å². The molecule has 0 amide bonds. The Balaban J connectivity index is 2.04. The van der Waals surface area contributed by atoms with E-state index in [0.29, 0.717) is 23.4 Å². The highest BCUT2D eigenvalue weighted by Crippen LogP contribution is 2.28. The van der Waals surface area contributed by atoms with Gasteiger partial charge in [0.15, 0.2) is 0 Å². The highest BCUT2D eigenvalue weighted by Gasteiger charge is 2.21. The van der Waals surface area contributed by atoms with Gasteiger partial charge in [-0.1, -0.05) is 17.7 Å². The molecular formula is C12H15ClFNO. The SMILES string of the molecule is FCCOc1cccc(Cl)c1CNC1CC1. The number of alkyl halides is 1. The third kappa shape index (κ3) is 3.09. The maximum atomic E-state index is 12.1.